The molecule has 0 bridgehead atoms. The van der Waals surface area contributed by atoms with E-state index in [1.165, 1.54) is 0 Å². The van der Waals surface area contributed by atoms with E-state index < -0.39 is 0 Å². The van der Waals surface area contributed by atoms with Crippen molar-refractivity contribution in [1.82, 2.24) is 15.2 Å². The van der Waals surface area contributed by atoms with Gasteiger partial charge in [-0.05, 0) is 63.4 Å². The Morgan fingerprint density at radius 3 is 2.52 bits per heavy atom. The average Bonchev–Trinajstić information content (AvgIpc) is 2.95. The summed E-state index contributed by atoms with van der Waals surface area (Å²) in [5, 5.41) is 4.09. The molecule has 5 nitrogen and oxygen atoms in total. The molecule has 1 amide bonds. The van der Waals surface area contributed by atoms with Crippen LogP contribution in [0.4, 0.5) is 0 Å². The van der Waals surface area contributed by atoms with Gasteiger partial charge in [0.1, 0.15) is 5.76 Å². The Bertz CT molecular complexity index is 759. The van der Waals surface area contributed by atoms with E-state index in [4.69, 9.17) is 27.6 Å². The van der Waals surface area contributed by atoms with Crippen LogP contribution in [0.15, 0.2) is 22.6 Å². The van der Waals surface area contributed by atoms with Gasteiger partial charge < -0.3 is 9.73 Å². The lowest BCUT2D eigenvalue weighted by atomic mass is 9.96. The van der Waals surface area contributed by atoms with E-state index in [0.717, 1.165) is 49.8 Å². The molecule has 27 heavy (non-hydrogen) atoms. The molecule has 2 aromatic rings. The summed E-state index contributed by atoms with van der Waals surface area (Å²) in [7, 11) is 0. The van der Waals surface area contributed by atoms with Crippen LogP contribution < -0.4 is 5.32 Å². The lowest BCUT2D eigenvalue weighted by molar-refractivity contribution is -0.120. The fourth-order valence-corrected chi connectivity index (χ4v) is 3.86. The van der Waals surface area contributed by atoms with Crippen LogP contribution in [0.5, 0.6) is 0 Å². The van der Waals surface area contributed by atoms with E-state index in [2.05, 4.69) is 15.2 Å². The lowest BCUT2D eigenvalue weighted by Gasteiger charge is -2.31. The highest BCUT2D eigenvalue weighted by Crippen LogP contribution is 2.25. The first-order chi connectivity index (χ1) is 12.9. The van der Waals surface area contributed by atoms with Gasteiger partial charge in [0.25, 0.3) is 0 Å². The molecule has 1 aliphatic heterocycles. The van der Waals surface area contributed by atoms with Crippen LogP contribution in [0.1, 0.15) is 35.7 Å². The van der Waals surface area contributed by atoms with Gasteiger partial charge in [-0.25, -0.2) is 4.98 Å². The second-order valence-corrected chi connectivity index (χ2v) is 7.96. The van der Waals surface area contributed by atoms with Gasteiger partial charge in [0, 0.05) is 16.6 Å². The topological polar surface area (TPSA) is 58.4 Å². The van der Waals surface area contributed by atoms with Crippen molar-refractivity contribution in [2.75, 3.05) is 19.6 Å². The molecule has 2 heterocycles. The van der Waals surface area contributed by atoms with Gasteiger partial charge in [0.05, 0.1) is 18.7 Å². The van der Waals surface area contributed by atoms with Crippen molar-refractivity contribution >= 4 is 29.1 Å². The largest absolute Gasteiger partial charge is 0.444 e. The Labute approximate surface area is 170 Å². The average molecular weight is 410 g/mol. The molecule has 0 saturated carbocycles. The Morgan fingerprint density at radius 1 is 1.26 bits per heavy atom. The maximum absolute atomic E-state index is 12.2. The minimum absolute atomic E-state index is 0.0434. The van der Waals surface area contributed by atoms with E-state index in [9.17, 15) is 4.79 Å². The van der Waals surface area contributed by atoms with Gasteiger partial charge in [0.15, 0.2) is 0 Å². The molecular weight excluding hydrogens is 385 g/mol. The predicted octanol–water partition coefficient (Wildman–Crippen LogP) is 4.17. The number of aromatic nitrogens is 1. The zero-order valence-corrected chi connectivity index (χ0v) is 17.2. The quantitative estimate of drug-likeness (QED) is 0.777. The highest BCUT2D eigenvalue weighted by atomic mass is 35.5. The Balaban J connectivity index is 1.41. The van der Waals surface area contributed by atoms with Gasteiger partial charge in [0.2, 0.25) is 11.8 Å². The standard InChI is InChI=1S/C20H25Cl2N3O2/c1-13-14(2)27-20(24-13)12-25-8-6-15(7-9-25)11-23-19(26)10-16-17(21)4-3-5-18(16)22/h3-5,15H,6-12H2,1-2H3,(H,23,26). The molecule has 1 saturated heterocycles. The van der Waals surface area contributed by atoms with E-state index in [1.54, 1.807) is 18.2 Å². The molecule has 0 unspecified atom stereocenters. The maximum Gasteiger partial charge on any atom is 0.224 e. The molecule has 0 spiro atoms. The number of carbonyl (C=O) groups excluding carboxylic acids is 1. The van der Waals surface area contributed by atoms with Gasteiger partial charge in [-0.1, -0.05) is 29.3 Å². The Morgan fingerprint density at radius 2 is 1.93 bits per heavy atom. The van der Waals surface area contributed by atoms with E-state index >= 15 is 0 Å². The van der Waals surface area contributed by atoms with Gasteiger partial charge in [-0.15, -0.1) is 0 Å². The fourth-order valence-electron chi connectivity index (χ4n) is 3.33. The van der Waals surface area contributed by atoms with Crippen LogP contribution in [0.3, 0.4) is 0 Å². The summed E-state index contributed by atoms with van der Waals surface area (Å²) in [4.78, 5) is 19.0. The highest BCUT2D eigenvalue weighted by Gasteiger charge is 2.21. The molecule has 1 aliphatic rings. The number of halogens is 2. The van der Waals surface area contributed by atoms with Crippen molar-refractivity contribution in [2.45, 2.75) is 39.7 Å². The maximum atomic E-state index is 12.2. The van der Waals surface area contributed by atoms with Crippen LogP contribution in [-0.2, 0) is 17.8 Å². The third-order valence-electron chi connectivity index (χ3n) is 5.13. The third-order valence-corrected chi connectivity index (χ3v) is 5.83. The van der Waals surface area contributed by atoms with E-state index in [-0.39, 0.29) is 12.3 Å². The highest BCUT2D eigenvalue weighted by molar-refractivity contribution is 6.36. The molecule has 1 aromatic heterocycles. The molecule has 0 aliphatic carbocycles. The molecule has 3 rings (SSSR count). The number of carbonyl (C=O) groups is 1. The minimum atomic E-state index is -0.0434. The number of piperidine rings is 1. The normalized spacial score (nSPS) is 15.9. The summed E-state index contributed by atoms with van der Waals surface area (Å²) in [6, 6.07) is 5.28. The first kappa shape index (κ1) is 20.2. The molecule has 1 fully saturated rings. The predicted molar refractivity (Wildman–Crippen MR) is 107 cm³/mol. The fraction of sp³-hybridized carbons (Fsp3) is 0.500. The first-order valence-corrected chi connectivity index (χ1v) is 10.0. The SMILES string of the molecule is Cc1nc(CN2CCC(CNC(=O)Cc3c(Cl)cccc3Cl)CC2)oc1C. The summed E-state index contributed by atoms with van der Waals surface area (Å²) >= 11 is 12.3. The van der Waals surface area contributed by atoms with Crippen molar-refractivity contribution in [2.24, 2.45) is 5.92 Å². The van der Waals surface area contributed by atoms with Crippen molar-refractivity contribution in [3.05, 3.63) is 51.2 Å². The molecule has 7 heteroatoms. The van der Waals surface area contributed by atoms with Gasteiger partial charge >= 0.3 is 0 Å². The van der Waals surface area contributed by atoms with Gasteiger partial charge in [-0.3, -0.25) is 9.69 Å². The third kappa shape index (κ3) is 5.47. The second-order valence-electron chi connectivity index (χ2n) is 7.15. The summed E-state index contributed by atoms with van der Waals surface area (Å²) in [5.74, 6) is 2.12. The number of amides is 1. The molecule has 0 radical (unpaired) electrons. The van der Waals surface area contributed by atoms with Gasteiger partial charge in [-0.2, -0.15) is 0 Å². The van der Waals surface area contributed by atoms with Crippen molar-refractivity contribution in [1.29, 1.82) is 0 Å². The number of benzene rings is 1. The number of likely N-dealkylation sites (tertiary alicyclic amines) is 1. The summed E-state index contributed by atoms with van der Waals surface area (Å²) in [6.07, 6.45) is 2.30. The zero-order valence-electron chi connectivity index (χ0n) is 15.7. The Kier molecular flexibility index (Phi) is 6.79. The summed E-state index contributed by atoms with van der Waals surface area (Å²) < 4.78 is 5.67. The van der Waals surface area contributed by atoms with E-state index in [1.807, 2.05) is 13.8 Å². The zero-order chi connectivity index (χ0) is 19.4. The summed E-state index contributed by atoms with van der Waals surface area (Å²) in [5.41, 5.74) is 1.64. The van der Waals surface area contributed by atoms with Crippen LogP contribution in [0.2, 0.25) is 10.0 Å². The van der Waals surface area contributed by atoms with Crippen molar-refractivity contribution in [3.63, 3.8) is 0 Å². The molecule has 1 N–H and O–H groups in total. The second kappa shape index (κ2) is 9.09. The smallest absolute Gasteiger partial charge is 0.224 e. The number of hydrogen-bond acceptors (Lipinski definition) is 4. The number of oxazole rings is 1. The number of aryl methyl sites for hydroxylation is 2. The number of nitrogens with one attached hydrogen (secondary N) is 1. The van der Waals surface area contributed by atoms with Crippen molar-refractivity contribution < 1.29 is 9.21 Å². The Hall–Kier alpha value is -1.56. The minimum Gasteiger partial charge on any atom is -0.444 e. The van der Waals surface area contributed by atoms with E-state index in [0.29, 0.717) is 28.1 Å². The van der Waals surface area contributed by atoms with Crippen LogP contribution >= 0.6 is 23.2 Å². The van der Waals surface area contributed by atoms with Crippen LogP contribution in [0, 0.1) is 19.8 Å². The molecule has 1 aromatic carbocycles. The summed E-state index contributed by atoms with van der Waals surface area (Å²) in [6.45, 7) is 7.31. The first-order valence-electron chi connectivity index (χ1n) is 9.27. The monoisotopic (exact) mass is 409 g/mol. The molecule has 0 atom stereocenters. The van der Waals surface area contributed by atoms with Crippen molar-refractivity contribution in [3.8, 4) is 0 Å². The molecular formula is C20H25Cl2N3O2. The molecule has 146 valence electrons. The number of rotatable bonds is 6. The lowest BCUT2D eigenvalue weighted by Crippen LogP contribution is -2.38. The van der Waals surface area contributed by atoms with Crippen LogP contribution in [-0.4, -0.2) is 35.4 Å². The number of nitrogens with zero attached hydrogens (tertiary/aromatic N) is 2. The number of hydrogen-bond donors (Lipinski definition) is 1. The van der Waals surface area contributed by atoms with Crippen LogP contribution in [0.25, 0.3) is 0 Å².